The van der Waals surface area contributed by atoms with Crippen molar-refractivity contribution in [2.24, 2.45) is 7.05 Å². The number of benzene rings is 1. The molecular weight excluding hydrogens is 382 g/mol. The molecule has 0 saturated carbocycles. The smallest absolute Gasteiger partial charge is 0.0767 e. The van der Waals surface area contributed by atoms with Gasteiger partial charge in [-0.15, -0.1) is 0 Å². The van der Waals surface area contributed by atoms with Gasteiger partial charge in [0.15, 0.2) is 0 Å². The van der Waals surface area contributed by atoms with Gasteiger partial charge in [0.2, 0.25) is 0 Å². The van der Waals surface area contributed by atoms with Crippen molar-refractivity contribution in [1.29, 1.82) is 0 Å². The van der Waals surface area contributed by atoms with E-state index in [9.17, 15) is 0 Å². The minimum Gasteiger partial charge on any atom is -0.296 e. The van der Waals surface area contributed by atoms with Crippen molar-refractivity contribution in [2.45, 2.75) is 26.4 Å². The molecule has 108 valence electrons. The SMILES string of the molecule is CCc1nn(C)c(CN(C)Cc2ccccc2Br)c1Br. The Morgan fingerprint density at radius 1 is 1.20 bits per heavy atom. The van der Waals surface area contributed by atoms with E-state index in [0.717, 1.165) is 34.1 Å². The van der Waals surface area contributed by atoms with Crippen LogP contribution < -0.4 is 0 Å². The van der Waals surface area contributed by atoms with Crippen molar-refractivity contribution in [3.8, 4) is 0 Å². The van der Waals surface area contributed by atoms with Gasteiger partial charge in [0, 0.05) is 24.6 Å². The second kappa shape index (κ2) is 6.87. The molecule has 0 aliphatic heterocycles. The topological polar surface area (TPSA) is 21.1 Å². The maximum atomic E-state index is 4.54. The summed E-state index contributed by atoms with van der Waals surface area (Å²) in [5.41, 5.74) is 3.64. The van der Waals surface area contributed by atoms with Gasteiger partial charge in [-0.3, -0.25) is 9.58 Å². The van der Waals surface area contributed by atoms with Crippen molar-refractivity contribution in [3.63, 3.8) is 0 Å². The van der Waals surface area contributed by atoms with Crippen molar-refractivity contribution in [1.82, 2.24) is 14.7 Å². The molecule has 0 N–H and O–H groups in total. The molecule has 20 heavy (non-hydrogen) atoms. The van der Waals surface area contributed by atoms with Crippen molar-refractivity contribution >= 4 is 31.9 Å². The highest BCUT2D eigenvalue weighted by atomic mass is 79.9. The predicted octanol–water partition coefficient (Wildman–Crippen LogP) is 4.14. The van der Waals surface area contributed by atoms with Crippen LogP contribution >= 0.6 is 31.9 Å². The van der Waals surface area contributed by atoms with Crippen LogP contribution in [0.25, 0.3) is 0 Å². The lowest BCUT2D eigenvalue weighted by Gasteiger charge is -2.18. The van der Waals surface area contributed by atoms with Crippen LogP contribution in [-0.2, 0) is 26.6 Å². The zero-order valence-corrected chi connectivity index (χ0v) is 15.2. The van der Waals surface area contributed by atoms with Crippen LogP contribution in [0.4, 0.5) is 0 Å². The number of rotatable bonds is 5. The Hall–Kier alpha value is -0.650. The third kappa shape index (κ3) is 3.51. The maximum absolute atomic E-state index is 4.54. The molecule has 0 spiro atoms. The van der Waals surface area contributed by atoms with Gasteiger partial charge in [-0.2, -0.15) is 5.10 Å². The summed E-state index contributed by atoms with van der Waals surface area (Å²) in [4.78, 5) is 2.29. The van der Waals surface area contributed by atoms with E-state index in [2.05, 4.69) is 74.0 Å². The monoisotopic (exact) mass is 399 g/mol. The summed E-state index contributed by atoms with van der Waals surface area (Å²) in [6.07, 6.45) is 0.947. The lowest BCUT2D eigenvalue weighted by molar-refractivity contribution is 0.308. The Morgan fingerprint density at radius 3 is 2.50 bits per heavy atom. The minimum absolute atomic E-state index is 0.866. The number of aryl methyl sites for hydroxylation is 2. The van der Waals surface area contributed by atoms with E-state index in [1.807, 2.05) is 17.8 Å². The zero-order chi connectivity index (χ0) is 14.7. The van der Waals surface area contributed by atoms with E-state index in [0.29, 0.717) is 0 Å². The van der Waals surface area contributed by atoms with Gasteiger partial charge in [-0.25, -0.2) is 0 Å². The number of aromatic nitrogens is 2. The normalized spacial score (nSPS) is 11.3. The molecule has 0 fully saturated rings. The van der Waals surface area contributed by atoms with Crippen LogP contribution in [0.2, 0.25) is 0 Å². The average Bonchev–Trinajstić information content (AvgIpc) is 2.69. The lowest BCUT2D eigenvalue weighted by atomic mass is 10.2. The van der Waals surface area contributed by atoms with Crippen molar-refractivity contribution < 1.29 is 0 Å². The maximum Gasteiger partial charge on any atom is 0.0767 e. The van der Waals surface area contributed by atoms with Gasteiger partial charge in [0.1, 0.15) is 0 Å². The molecule has 2 rings (SSSR count). The van der Waals surface area contributed by atoms with Crippen LogP contribution in [0.5, 0.6) is 0 Å². The molecular formula is C15H19Br2N3. The summed E-state index contributed by atoms with van der Waals surface area (Å²) >= 11 is 7.27. The number of nitrogens with zero attached hydrogens (tertiary/aromatic N) is 3. The van der Waals surface area contributed by atoms with Crippen LogP contribution in [0, 0.1) is 0 Å². The van der Waals surface area contributed by atoms with Gasteiger partial charge in [-0.1, -0.05) is 41.1 Å². The molecule has 0 aliphatic rings. The molecule has 2 aromatic rings. The summed E-state index contributed by atoms with van der Waals surface area (Å²) in [5, 5.41) is 4.54. The summed E-state index contributed by atoms with van der Waals surface area (Å²) in [5.74, 6) is 0. The quantitative estimate of drug-likeness (QED) is 0.751. The van der Waals surface area contributed by atoms with E-state index in [1.165, 1.54) is 11.3 Å². The summed E-state index contributed by atoms with van der Waals surface area (Å²) in [7, 11) is 4.13. The van der Waals surface area contributed by atoms with Gasteiger partial charge >= 0.3 is 0 Å². The number of hydrogen-bond donors (Lipinski definition) is 0. The molecule has 0 saturated heterocycles. The van der Waals surface area contributed by atoms with E-state index >= 15 is 0 Å². The van der Waals surface area contributed by atoms with E-state index < -0.39 is 0 Å². The van der Waals surface area contributed by atoms with E-state index in [4.69, 9.17) is 0 Å². The molecule has 1 aromatic carbocycles. The summed E-state index contributed by atoms with van der Waals surface area (Å²) in [6, 6.07) is 8.34. The third-order valence-corrected chi connectivity index (χ3v) is 5.01. The molecule has 0 aliphatic carbocycles. The molecule has 1 aromatic heterocycles. The Balaban J connectivity index is 2.11. The van der Waals surface area contributed by atoms with Gasteiger partial charge in [0.25, 0.3) is 0 Å². The Kier molecular flexibility index (Phi) is 5.41. The molecule has 0 atom stereocenters. The fourth-order valence-electron chi connectivity index (χ4n) is 2.22. The second-order valence-electron chi connectivity index (χ2n) is 4.95. The predicted molar refractivity (Wildman–Crippen MR) is 89.6 cm³/mol. The second-order valence-corrected chi connectivity index (χ2v) is 6.60. The zero-order valence-electron chi connectivity index (χ0n) is 12.0. The molecule has 0 unspecified atom stereocenters. The number of halogens is 2. The average molecular weight is 401 g/mol. The molecule has 5 heteroatoms. The summed E-state index contributed by atoms with van der Waals surface area (Å²) < 4.78 is 4.27. The first kappa shape index (κ1) is 15.7. The number of hydrogen-bond acceptors (Lipinski definition) is 2. The molecule has 0 radical (unpaired) electrons. The Bertz CT molecular complexity index is 593. The van der Waals surface area contributed by atoms with Crippen LogP contribution in [0.1, 0.15) is 23.9 Å². The van der Waals surface area contributed by atoms with Crippen molar-refractivity contribution in [2.75, 3.05) is 7.05 Å². The molecule has 0 bridgehead atoms. The minimum atomic E-state index is 0.866. The largest absolute Gasteiger partial charge is 0.296 e. The van der Waals surface area contributed by atoms with Gasteiger partial charge < -0.3 is 0 Å². The van der Waals surface area contributed by atoms with Crippen molar-refractivity contribution in [3.05, 3.63) is 50.2 Å². The first-order valence-corrected chi connectivity index (χ1v) is 8.23. The molecule has 3 nitrogen and oxygen atoms in total. The molecule has 0 amide bonds. The lowest BCUT2D eigenvalue weighted by Crippen LogP contribution is -2.19. The fourth-order valence-corrected chi connectivity index (χ4v) is 3.37. The van der Waals surface area contributed by atoms with Gasteiger partial charge in [-0.05, 0) is 41.0 Å². The van der Waals surface area contributed by atoms with Crippen LogP contribution in [0.3, 0.4) is 0 Å². The molecule has 1 heterocycles. The fraction of sp³-hybridized carbons (Fsp3) is 0.400. The Morgan fingerprint density at radius 2 is 1.90 bits per heavy atom. The third-order valence-electron chi connectivity index (χ3n) is 3.32. The first-order valence-electron chi connectivity index (χ1n) is 6.65. The summed E-state index contributed by atoms with van der Waals surface area (Å²) in [6.45, 7) is 3.90. The van der Waals surface area contributed by atoms with Gasteiger partial charge in [0.05, 0.1) is 15.9 Å². The van der Waals surface area contributed by atoms with E-state index in [1.54, 1.807) is 0 Å². The highest BCUT2D eigenvalue weighted by Crippen LogP contribution is 2.24. The van der Waals surface area contributed by atoms with E-state index in [-0.39, 0.29) is 0 Å². The first-order chi connectivity index (χ1) is 9.52. The highest BCUT2D eigenvalue weighted by molar-refractivity contribution is 9.10. The van der Waals surface area contributed by atoms with Crippen LogP contribution in [0.15, 0.2) is 33.2 Å². The Labute approximate surface area is 137 Å². The standard InChI is InChI=1S/C15H19Br2N3/c1-4-13-15(17)14(20(3)18-13)10-19(2)9-11-7-5-6-8-12(11)16/h5-8H,4,9-10H2,1-3H3. The highest BCUT2D eigenvalue weighted by Gasteiger charge is 2.14. The van der Waals surface area contributed by atoms with Crippen LogP contribution in [-0.4, -0.2) is 21.7 Å².